The first-order chi connectivity index (χ1) is 8.19. The number of halogens is 2. The molecule has 0 amide bonds. The molecule has 5 heteroatoms. The molecule has 1 unspecified atom stereocenters. The normalized spacial score (nSPS) is 12.7. The molecule has 1 rings (SSSR count). The van der Waals surface area contributed by atoms with Gasteiger partial charge in [0.25, 0.3) is 0 Å². The van der Waals surface area contributed by atoms with Crippen molar-refractivity contribution in [2.24, 2.45) is 5.84 Å². The third kappa shape index (κ3) is 4.82. The number of rotatable bonds is 7. The van der Waals surface area contributed by atoms with Crippen molar-refractivity contribution in [1.82, 2.24) is 5.43 Å². The molecule has 0 fully saturated rings. The Hall–Kier alpha value is -0.320. The highest BCUT2D eigenvalue weighted by molar-refractivity contribution is 6.42. The summed E-state index contributed by atoms with van der Waals surface area (Å²) in [6, 6.07) is 5.63. The molecule has 0 aliphatic heterocycles. The number of nitrogens with one attached hydrogen (secondary N) is 1. The minimum absolute atomic E-state index is 0.0394. The van der Waals surface area contributed by atoms with E-state index in [1.807, 2.05) is 12.1 Å². The van der Waals surface area contributed by atoms with E-state index in [2.05, 4.69) is 12.3 Å². The first kappa shape index (κ1) is 14.7. The van der Waals surface area contributed by atoms with Crippen LogP contribution in [0.5, 0.6) is 0 Å². The zero-order valence-corrected chi connectivity index (χ0v) is 11.4. The summed E-state index contributed by atoms with van der Waals surface area (Å²) in [5.41, 5.74) is 3.70. The first-order valence-corrected chi connectivity index (χ1v) is 6.41. The summed E-state index contributed by atoms with van der Waals surface area (Å²) < 4.78 is 5.46. The highest BCUT2D eigenvalue weighted by atomic mass is 35.5. The molecule has 0 aromatic heterocycles. The van der Waals surface area contributed by atoms with Crippen LogP contribution in [0.4, 0.5) is 0 Å². The summed E-state index contributed by atoms with van der Waals surface area (Å²) in [5, 5.41) is 1.15. The molecule has 0 radical (unpaired) electrons. The Labute approximate surface area is 112 Å². The van der Waals surface area contributed by atoms with E-state index in [0.29, 0.717) is 23.1 Å². The molecule has 0 heterocycles. The molecule has 0 saturated carbocycles. The van der Waals surface area contributed by atoms with E-state index >= 15 is 0 Å². The third-order valence-electron chi connectivity index (χ3n) is 2.40. The lowest BCUT2D eigenvalue weighted by Crippen LogP contribution is -2.40. The lowest BCUT2D eigenvalue weighted by Gasteiger charge is -2.17. The van der Waals surface area contributed by atoms with E-state index in [-0.39, 0.29) is 6.04 Å². The third-order valence-corrected chi connectivity index (χ3v) is 3.26. The molecular formula is C12H18Cl2N2O. The average molecular weight is 277 g/mol. The molecular weight excluding hydrogens is 259 g/mol. The van der Waals surface area contributed by atoms with Gasteiger partial charge in [-0.2, -0.15) is 0 Å². The van der Waals surface area contributed by atoms with Crippen LogP contribution >= 0.6 is 23.2 Å². The van der Waals surface area contributed by atoms with Gasteiger partial charge in [0.05, 0.1) is 16.7 Å². The quantitative estimate of drug-likeness (QED) is 0.457. The van der Waals surface area contributed by atoms with E-state index in [9.17, 15) is 0 Å². The van der Waals surface area contributed by atoms with Gasteiger partial charge in [0.1, 0.15) is 0 Å². The Morgan fingerprint density at radius 1 is 1.41 bits per heavy atom. The summed E-state index contributed by atoms with van der Waals surface area (Å²) in [6.45, 7) is 3.37. The lowest BCUT2D eigenvalue weighted by molar-refractivity contribution is 0.112. The van der Waals surface area contributed by atoms with Crippen molar-refractivity contribution >= 4 is 23.2 Å². The number of nitrogens with two attached hydrogens (primary N) is 1. The summed E-state index contributed by atoms with van der Waals surface area (Å²) in [6.07, 6.45) is 1.69. The smallest absolute Gasteiger partial charge is 0.0636 e. The topological polar surface area (TPSA) is 47.3 Å². The predicted octanol–water partition coefficient (Wildman–Crippen LogP) is 2.79. The van der Waals surface area contributed by atoms with E-state index in [1.165, 1.54) is 0 Å². The van der Waals surface area contributed by atoms with Gasteiger partial charge in [0.2, 0.25) is 0 Å². The molecule has 17 heavy (non-hydrogen) atoms. The number of hydrogen-bond acceptors (Lipinski definition) is 3. The standard InChI is InChI=1S/C12H18Cl2N2O/c1-2-6-17-8-10(16-15)7-9-4-3-5-11(13)12(9)14/h3-5,10,16H,2,6-8,15H2,1H3. The summed E-state index contributed by atoms with van der Waals surface area (Å²) in [5.74, 6) is 5.48. The molecule has 0 saturated heterocycles. The minimum atomic E-state index is 0.0394. The Kier molecular flexibility index (Phi) is 6.85. The Morgan fingerprint density at radius 3 is 2.82 bits per heavy atom. The van der Waals surface area contributed by atoms with Crippen LogP contribution in [0.2, 0.25) is 10.0 Å². The fourth-order valence-corrected chi connectivity index (χ4v) is 1.90. The Bertz CT molecular complexity index is 347. The molecule has 0 bridgehead atoms. The van der Waals surface area contributed by atoms with Crippen molar-refractivity contribution < 1.29 is 4.74 Å². The molecule has 1 aromatic carbocycles. The average Bonchev–Trinajstić information content (AvgIpc) is 2.33. The van der Waals surface area contributed by atoms with Gasteiger partial charge >= 0.3 is 0 Å². The van der Waals surface area contributed by atoms with Gasteiger partial charge in [-0.25, -0.2) is 0 Å². The highest BCUT2D eigenvalue weighted by Crippen LogP contribution is 2.26. The van der Waals surface area contributed by atoms with Crippen molar-refractivity contribution in [3.05, 3.63) is 33.8 Å². The van der Waals surface area contributed by atoms with Gasteiger partial charge in [-0.1, -0.05) is 42.3 Å². The van der Waals surface area contributed by atoms with Crippen LogP contribution in [-0.2, 0) is 11.2 Å². The Balaban J connectivity index is 2.57. The van der Waals surface area contributed by atoms with Crippen molar-refractivity contribution in [2.45, 2.75) is 25.8 Å². The molecule has 0 aliphatic carbocycles. The van der Waals surface area contributed by atoms with Crippen LogP contribution in [0.15, 0.2) is 18.2 Å². The van der Waals surface area contributed by atoms with Crippen molar-refractivity contribution in [3.63, 3.8) is 0 Å². The van der Waals surface area contributed by atoms with E-state index in [0.717, 1.165) is 18.6 Å². The number of benzene rings is 1. The van der Waals surface area contributed by atoms with Crippen LogP contribution < -0.4 is 11.3 Å². The van der Waals surface area contributed by atoms with Crippen LogP contribution in [0.25, 0.3) is 0 Å². The van der Waals surface area contributed by atoms with Gasteiger partial charge in [-0.15, -0.1) is 0 Å². The van der Waals surface area contributed by atoms with Gasteiger partial charge in [-0.05, 0) is 24.5 Å². The maximum Gasteiger partial charge on any atom is 0.0636 e. The molecule has 0 aliphatic rings. The first-order valence-electron chi connectivity index (χ1n) is 5.65. The SMILES string of the molecule is CCCOCC(Cc1cccc(Cl)c1Cl)NN. The lowest BCUT2D eigenvalue weighted by atomic mass is 10.1. The van der Waals surface area contributed by atoms with Gasteiger partial charge < -0.3 is 4.74 Å². The van der Waals surface area contributed by atoms with Crippen LogP contribution in [0.1, 0.15) is 18.9 Å². The van der Waals surface area contributed by atoms with Gasteiger partial charge in [0.15, 0.2) is 0 Å². The van der Waals surface area contributed by atoms with Crippen LogP contribution in [0.3, 0.4) is 0 Å². The van der Waals surface area contributed by atoms with Crippen molar-refractivity contribution in [2.75, 3.05) is 13.2 Å². The number of hydrazine groups is 1. The maximum absolute atomic E-state index is 6.11. The molecule has 1 atom stereocenters. The fraction of sp³-hybridized carbons (Fsp3) is 0.500. The van der Waals surface area contributed by atoms with Crippen LogP contribution in [0, 0.1) is 0 Å². The predicted molar refractivity (Wildman–Crippen MR) is 72.4 cm³/mol. The highest BCUT2D eigenvalue weighted by Gasteiger charge is 2.11. The Morgan fingerprint density at radius 2 is 2.18 bits per heavy atom. The molecule has 3 N–H and O–H groups in total. The van der Waals surface area contributed by atoms with E-state index < -0.39 is 0 Å². The monoisotopic (exact) mass is 276 g/mol. The summed E-state index contributed by atoms with van der Waals surface area (Å²) >= 11 is 12.1. The fourth-order valence-electron chi connectivity index (χ4n) is 1.51. The zero-order valence-electron chi connectivity index (χ0n) is 9.88. The zero-order chi connectivity index (χ0) is 12.7. The van der Waals surface area contributed by atoms with Crippen molar-refractivity contribution in [1.29, 1.82) is 0 Å². The molecule has 96 valence electrons. The summed E-state index contributed by atoms with van der Waals surface area (Å²) in [4.78, 5) is 0. The second kappa shape index (κ2) is 7.90. The molecule has 3 nitrogen and oxygen atoms in total. The summed E-state index contributed by atoms with van der Waals surface area (Å²) in [7, 11) is 0. The molecule has 0 spiro atoms. The second-order valence-corrected chi connectivity index (χ2v) is 4.64. The minimum Gasteiger partial charge on any atom is -0.380 e. The molecule has 1 aromatic rings. The van der Waals surface area contributed by atoms with Gasteiger partial charge in [-0.3, -0.25) is 11.3 Å². The second-order valence-electron chi connectivity index (χ2n) is 3.86. The number of ether oxygens (including phenoxy) is 1. The van der Waals surface area contributed by atoms with Crippen molar-refractivity contribution in [3.8, 4) is 0 Å². The van der Waals surface area contributed by atoms with Gasteiger partial charge in [0, 0.05) is 12.6 Å². The van der Waals surface area contributed by atoms with E-state index in [1.54, 1.807) is 6.07 Å². The number of hydrogen-bond donors (Lipinski definition) is 2. The maximum atomic E-state index is 6.11. The van der Waals surface area contributed by atoms with E-state index in [4.69, 9.17) is 33.8 Å². The van der Waals surface area contributed by atoms with Crippen LogP contribution in [-0.4, -0.2) is 19.3 Å². The largest absolute Gasteiger partial charge is 0.380 e.